The van der Waals surface area contributed by atoms with Crippen LogP contribution in [0, 0.1) is 16.0 Å². The Labute approximate surface area is 158 Å². The first kappa shape index (κ1) is 18.4. The number of nitrogens with one attached hydrogen (secondary N) is 1. The van der Waals surface area contributed by atoms with Crippen LogP contribution in [-0.2, 0) is 0 Å². The molecule has 2 aromatic carbocycles. The van der Waals surface area contributed by atoms with Gasteiger partial charge in [-0.15, -0.1) is 10.2 Å². The van der Waals surface area contributed by atoms with Gasteiger partial charge in [0.2, 0.25) is 5.13 Å². The van der Waals surface area contributed by atoms with Crippen molar-refractivity contribution in [3.63, 3.8) is 0 Å². The summed E-state index contributed by atoms with van der Waals surface area (Å²) >= 11 is 1.40. The van der Waals surface area contributed by atoms with Gasteiger partial charge in [-0.2, -0.15) is 5.10 Å². The second-order valence-corrected chi connectivity index (χ2v) is 6.85. The van der Waals surface area contributed by atoms with Crippen LogP contribution >= 0.6 is 11.3 Å². The first-order chi connectivity index (χ1) is 12.9. The average molecular weight is 383 g/mol. The van der Waals surface area contributed by atoms with Crippen molar-refractivity contribution >= 4 is 43.9 Å². The van der Waals surface area contributed by atoms with E-state index in [0.29, 0.717) is 11.0 Å². The second-order valence-electron chi connectivity index (χ2n) is 5.84. The van der Waals surface area contributed by atoms with Crippen LogP contribution in [0.3, 0.4) is 0 Å². The van der Waals surface area contributed by atoms with E-state index in [9.17, 15) is 15.2 Å². The van der Waals surface area contributed by atoms with Gasteiger partial charge in [-0.3, -0.25) is 15.5 Å². The van der Waals surface area contributed by atoms with Gasteiger partial charge in [0.15, 0.2) is 5.84 Å². The lowest BCUT2D eigenvalue weighted by atomic mass is 10.2. The highest BCUT2D eigenvalue weighted by Crippen LogP contribution is 2.28. The van der Waals surface area contributed by atoms with Crippen molar-refractivity contribution in [2.45, 2.75) is 13.8 Å². The van der Waals surface area contributed by atoms with Crippen molar-refractivity contribution in [3.05, 3.63) is 52.6 Å². The Hall–Kier alpha value is -3.40. The number of hydrogen-bond acceptors (Lipinski definition) is 8. The number of nitrogens with zero attached hydrogens (tertiary/aromatic N) is 5. The molecule has 0 atom stereocenters. The van der Waals surface area contributed by atoms with Crippen molar-refractivity contribution in [2.24, 2.45) is 21.2 Å². The zero-order valence-electron chi connectivity index (χ0n) is 14.5. The Kier molecular flexibility index (Phi) is 5.36. The number of azo groups is 1. The van der Waals surface area contributed by atoms with E-state index in [4.69, 9.17) is 0 Å². The van der Waals surface area contributed by atoms with E-state index in [-0.39, 0.29) is 17.3 Å². The molecule has 138 valence electrons. The number of hydrazone groups is 1. The first-order valence-corrected chi connectivity index (χ1v) is 8.82. The lowest BCUT2D eigenvalue weighted by molar-refractivity contribution is -0.385. The summed E-state index contributed by atoms with van der Waals surface area (Å²) in [5.74, 6) is -0.167. The van der Waals surface area contributed by atoms with Gasteiger partial charge in [-0.05, 0) is 12.1 Å². The van der Waals surface area contributed by atoms with Crippen LogP contribution in [0.5, 0.6) is 5.75 Å². The zero-order chi connectivity index (χ0) is 19.4. The number of thiazole rings is 1. The number of non-ortho nitro benzene ring substituents is 1. The third kappa shape index (κ3) is 4.42. The summed E-state index contributed by atoms with van der Waals surface area (Å²) in [5, 5.41) is 35.5. The quantitative estimate of drug-likeness (QED) is 0.229. The molecule has 27 heavy (non-hydrogen) atoms. The average Bonchev–Trinajstić information content (AvgIpc) is 3.05. The summed E-state index contributed by atoms with van der Waals surface area (Å²) in [6, 6.07) is 11.1. The fourth-order valence-corrected chi connectivity index (χ4v) is 2.89. The van der Waals surface area contributed by atoms with Crippen LogP contribution in [0.1, 0.15) is 13.8 Å². The van der Waals surface area contributed by atoms with Crippen LogP contribution in [0.2, 0.25) is 0 Å². The van der Waals surface area contributed by atoms with Crippen molar-refractivity contribution < 1.29 is 10.0 Å². The Morgan fingerprint density at radius 2 is 2.04 bits per heavy atom. The molecule has 3 rings (SSSR count). The standard InChI is InChI=1S/C17H16N6O3S/c1-10(2)16(20-19-13-9-11(23(25)26)7-8-14(13)24)21-22-17-18-12-5-3-4-6-15(12)27-17/h3-10,19,24H,1-2H3/p-1. The van der Waals surface area contributed by atoms with Crippen LogP contribution < -0.4 is 10.5 Å². The molecular formula is C17H15N6O3S-. The molecule has 0 aliphatic heterocycles. The maximum absolute atomic E-state index is 11.8. The molecule has 9 nitrogen and oxygen atoms in total. The van der Waals surface area contributed by atoms with Gasteiger partial charge in [-0.1, -0.05) is 49.1 Å². The van der Waals surface area contributed by atoms with E-state index in [1.165, 1.54) is 11.3 Å². The number of nitro groups is 1. The smallest absolute Gasteiger partial charge is 0.271 e. The number of hydrogen-bond donors (Lipinski definition) is 1. The summed E-state index contributed by atoms with van der Waals surface area (Å²) in [5.41, 5.74) is 3.19. The molecule has 0 fully saturated rings. The van der Waals surface area contributed by atoms with Gasteiger partial charge >= 0.3 is 0 Å². The lowest BCUT2D eigenvalue weighted by Crippen LogP contribution is -2.08. The van der Waals surface area contributed by atoms with Crippen molar-refractivity contribution in [1.82, 2.24) is 4.98 Å². The predicted molar refractivity (Wildman–Crippen MR) is 103 cm³/mol. The maximum Gasteiger partial charge on any atom is 0.271 e. The van der Waals surface area contributed by atoms with Gasteiger partial charge in [0.25, 0.3) is 5.69 Å². The van der Waals surface area contributed by atoms with E-state index in [1.54, 1.807) is 0 Å². The summed E-state index contributed by atoms with van der Waals surface area (Å²) in [4.78, 5) is 14.6. The summed E-state index contributed by atoms with van der Waals surface area (Å²) < 4.78 is 1.00. The third-order valence-electron chi connectivity index (χ3n) is 3.50. The van der Waals surface area contributed by atoms with Gasteiger partial charge in [0.1, 0.15) is 0 Å². The molecule has 1 heterocycles. The molecule has 3 aromatic rings. The number of anilines is 1. The predicted octanol–water partition coefficient (Wildman–Crippen LogP) is 4.44. The molecular weight excluding hydrogens is 368 g/mol. The highest BCUT2D eigenvalue weighted by molar-refractivity contribution is 7.21. The normalized spacial score (nSPS) is 12.2. The fourth-order valence-electron chi connectivity index (χ4n) is 2.10. The van der Waals surface area contributed by atoms with Gasteiger partial charge in [0, 0.05) is 18.1 Å². The lowest BCUT2D eigenvalue weighted by Gasteiger charge is -2.12. The van der Waals surface area contributed by atoms with Crippen molar-refractivity contribution in [2.75, 3.05) is 5.43 Å². The van der Waals surface area contributed by atoms with Crippen LogP contribution in [0.25, 0.3) is 10.2 Å². The van der Waals surface area contributed by atoms with Gasteiger partial charge in [-0.25, -0.2) is 4.98 Å². The third-order valence-corrected chi connectivity index (χ3v) is 4.42. The van der Waals surface area contributed by atoms with Gasteiger partial charge in [0.05, 0.1) is 20.8 Å². The second kappa shape index (κ2) is 7.87. The number of rotatable bonds is 5. The molecule has 0 aliphatic rings. The fraction of sp³-hybridized carbons (Fsp3) is 0.176. The number of nitro benzene ring substituents is 1. The number of para-hydroxylation sites is 1. The minimum absolute atomic E-state index is 0.00228. The zero-order valence-corrected chi connectivity index (χ0v) is 15.3. The molecule has 10 heteroatoms. The largest absolute Gasteiger partial charge is 0.871 e. The number of amidine groups is 1. The SMILES string of the molecule is CC(C)C(N=Nc1nc2ccccc2s1)=NNc1cc([N+](=O)[O-])ccc1[O-]. The van der Waals surface area contributed by atoms with Gasteiger partial charge < -0.3 is 5.11 Å². The molecule has 0 radical (unpaired) electrons. The minimum atomic E-state index is -0.579. The maximum atomic E-state index is 11.8. The first-order valence-electron chi connectivity index (χ1n) is 8.00. The van der Waals surface area contributed by atoms with Crippen LogP contribution in [0.4, 0.5) is 16.5 Å². The Bertz CT molecular complexity index is 1010. The van der Waals surface area contributed by atoms with Crippen LogP contribution in [-0.4, -0.2) is 15.7 Å². The van der Waals surface area contributed by atoms with Crippen molar-refractivity contribution in [1.29, 1.82) is 0 Å². The topological polar surface area (TPSA) is 128 Å². The summed E-state index contributed by atoms with van der Waals surface area (Å²) in [6.07, 6.45) is 0. The Morgan fingerprint density at radius 3 is 2.74 bits per heavy atom. The molecule has 0 bridgehead atoms. The summed E-state index contributed by atoms with van der Waals surface area (Å²) in [6.45, 7) is 3.73. The van der Waals surface area contributed by atoms with E-state index in [0.717, 1.165) is 28.4 Å². The monoisotopic (exact) mass is 383 g/mol. The van der Waals surface area contributed by atoms with E-state index in [1.807, 2.05) is 38.1 Å². The Morgan fingerprint density at radius 1 is 1.26 bits per heavy atom. The highest BCUT2D eigenvalue weighted by Gasteiger charge is 2.09. The molecule has 1 N–H and O–H groups in total. The molecule has 0 amide bonds. The van der Waals surface area contributed by atoms with Crippen LogP contribution in [0.15, 0.2) is 57.8 Å². The van der Waals surface area contributed by atoms with E-state index in [2.05, 4.69) is 25.7 Å². The molecule has 0 unspecified atom stereocenters. The highest BCUT2D eigenvalue weighted by atomic mass is 32.1. The number of aromatic nitrogens is 1. The van der Waals surface area contributed by atoms with Crippen molar-refractivity contribution in [3.8, 4) is 5.75 Å². The summed E-state index contributed by atoms with van der Waals surface area (Å²) in [7, 11) is 0. The van der Waals surface area contributed by atoms with E-state index >= 15 is 0 Å². The molecule has 0 saturated heterocycles. The molecule has 1 aromatic heterocycles. The number of benzene rings is 2. The molecule has 0 aliphatic carbocycles. The molecule has 0 spiro atoms. The van der Waals surface area contributed by atoms with E-state index < -0.39 is 10.7 Å². The molecule has 0 saturated carbocycles. The minimum Gasteiger partial charge on any atom is -0.871 e. The Balaban J connectivity index is 1.83. The number of fused-ring (bicyclic) bond motifs is 1.